The van der Waals surface area contributed by atoms with E-state index < -0.39 is 0 Å². The average molecular weight is 499 g/mol. The van der Waals surface area contributed by atoms with Crippen molar-refractivity contribution < 1.29 is 19.1 Å². The molecule has 0 aliphatic carbocycles. The summed E-state index contributed by atoms with van der Waals surface area (Å²) in [6.07, 6.45) is 1.88. The van der Waals surface area contributed by atoms with E-state index >= 15 is 0 Å². The molecule has 4 rings (SSSR count). The molecule has 0 unspecified atom stereocenters. The number of benzene rings is 3. The minimum Gasteiger partial charge on any atom is -0.497 e. The Hall–Kier alpha value is -4.59. The summed E-state index contributed by atoms with van der Waals surface area (Å²) >= 11 is 0. The summed E-state index contributed by atoms with van der Waals surface area (Å²) in [7, 11) is 3.19. The van der Waals surface area contributed by atoms with Gasteiger partial charge in [0.2, 0.25) is 11.9 Å². The highest BCUT2D eigenvalue weighted by Crippen LogP contribution is 2.26. The van der Waals surface area contributed by atoms with Crippen LogP contribution in [0.4, 0.5) is 5.95 Å². The number of aromatic nitrogens is 2. The van der Waals surface area contributed by atoms with Crippen molar-refractivity contribution in [3.05, 3.63) is 90.1 Å². The number of hydrogen-bond donors (Lipinski definition) is 1. The van der Waals surface area contributed by atoms with E-state index in [9.17, 15) is 9.59 Å². The normalized spacial score (nSPS) is 10.6. The summed E-state index contributed by atoms with van der Waals surface area (Å²) in [5, 5.41) is 2.90. The summed E-state index contributed by atoms with van der Waals surface area (Å²) in [5.41, 5.74) is 4.04. The number of nitrogens with one attached hydrogen (secondary N) is 1. The van der Waals surface area contributed by atoms with Gasteiger partial charge in [-0.25, -0.2) is 4.98 Å². The van der Waals surface area contributed by atoms with Crippen molar-refractivity contribution in [1.82, 2.24) is 14.5 Å². The first-order valence-electron chi connectivity index (χ1n) is 12.0. The van der Waals surface area contributed by atoms with Crippen LogP contribution in [-0.2, 0) is 4.79 Å². The monoisotopic (exact) mass is 498 g/mol. The number of likely N-dealkylation sites (N-methyl/N-ethyl adjacent to an activating group) is 1. The molecule has 1 heterocycles. The van der Waals surface area contributed by atoms with Crippen LogP contribution in [-0.4, -0.2) is 53.6 Å². The number of carbonyl (C=O) groups excluding carboxylic acids is 2. The Balaban J connectivity index is 1.58. The Morgan fingerprint density at radius 1 is 0.892 bits per heavy atom. The van der Waals surface area contributed by atoms with E-state index in [1.807, 2.05) is 73.1 Å². The van der Waals surface area contributed by atoms with Crippen LogP contribution in [0.5, 0.6) is 11.5 Å². The smallest absolute Gasteiger partial charge is 0.254 e. The Bertz CT molecular complexity index is 1360. The number of methoxy groups -OCH3 is 2. The van der Waals surface area contributed by atoms with E-state index in [0.29, 0.717) is 29.5 Å². The lowest BCUT2D eigenvalue weighted by atomic mass is 10.1. The van der Waals surface area contributed by atoms with Crippen molar-refractivity contribution >= 4 is 17.8 Å². The zero-order valence-electron chi connectivity index (χ0n) is 21.4. The Kier molecular flexibility index (Phi) is 7.88. The first-order chi connectivity index (χ1) is 17.9. The topological polar surface area (TPSA) is 85.7 Å². The van der Waals surface area contributed by atoms with Crippen LogP contribution >= 0.6 is 0 Å². The fraction of sp³-hybridized carbons (Fsp3) is 0.207. The van der Waals surface area contributed by atoms with Crippen molar-refractivity contribution in [2.75, 3.05) is 32.6 Å². The van der Waals surface area contributed by atoms with Gasteiger partial charge in [0.15, 0.2) is 0 Å². The molecule has 0 atom stereocenters. The van der Waals surface area contributed by atoms with E-state index in [1.54, 1.807) is 38.5 Å². The van der Waals surface area contributed by atoms with E-state index in [2.05, 4.69) is 5.32 Å². The van der Waals surface area contributed by atoms with Gasteiger partial charge >= 0.3 is 0 Å². The zero-order valence-corrected chi connectivity index (χ0v) is 21.4. The fourth-order valence-corrected chi connectivity index (χ4v) is 3.85. The maximum Gasteiger partial charge on any atom is 0.254 e. The van der Waals surface area contributed by atoms with Crippen LogP contribution in [0.2, 0.25) is 0 Å². The molecule has 0 aliphatic heterocycles. The van der Waals surface area contributed by atoms with Crippen molar-refractivity contribution in [2.45, 2.75) is 13.8 Å². The van der Waals surface area contributed by atoms with Gasteiger partial charge in [-0.05, 0) is 74.5 Å². The molecule has 0 radical (unpaired) electrons. The second-order valence-electron chi connectivity index (χ2n) is 8.48. The molecular formula is C29H30N4O4. The molecule has 1 N–H and O–H groups in total. The SMILES string of the molecule is CCN(CC(=O)Nc1nc(-c2ccc(OC)cc2)cn1-c1ccc(C)cc1)C(=O)c1ccc(OC)cc1. The molecule has 190 valence electrons. The molecule has 0 spiro atoms. The number of nitrogens with zero attached hydrogens (tertiary/aromatic N) is 3. The molecule has 0 aliphatic rings. The highest BCUT2D eigenvalue weighted by Gasteiger charge is 2.20. The maximum atomic E-state index is 13.1. The molecule has 8 nitrogen and oxygen atoms in total. The molecule has 1 aromatic heterocycles. The van der Waals surface area contributed by atoms with Gasteiger partial charge < -0.3 is 14.4 Å². The summed E-state index contributed by atoms with van der Waals surface area (Å²) in [5.74, 6) is 1.20. The predicted octanol–water partition coefficient (Wildman–Crippen LogP) is 4.97. The average Bonchev–Trinajstić information content (AvgIpc) is 3.35. The van der Waals surface area contributed by atoms with Gasteiger partial charge in [-0.15, -0.1) is 0 Å². The van der Waals surface area contributed by atoms with Crippen molar-refractivity contribution in [2.24, 2.45) is 0 Å². The number of anilines is 1. The van der Waals surface area contributed by atoms with Crippen LogP contribution in [0, 0.1) is 6.92 Å². The lowest BCUT2D eigenvalue weighted by Gasteiger charge is -2.20. The highest BCUT2D eigenvalue weighted by atomic mass is 16.5. The molecule has 2 amide bonds. The third kappa shape index (κ3) is 5.98. The molecule has 3 aromatic carbocycles. The van der Waals surface area contributed by atoms with Crippen molar-refractivity contribution in [3.8, 4) is 28.4 Å². The Labute approximate surface area is 216 Å². The van der Waals surface area contributed by atoms with Gasteiger partial charge in [0, 0.05) is 29.6 Å². The van der Waals surface area contributed by atoms with Crippen LogP contribution in [0.3, 0.4) is 0 Å². The van der Waals surface area contributed by atoms with Crippen LogP contribution in [0.25, 0.3) is 16.9 Å². The van der Waals surface area contributed by atoms with E-state index in [1.165, 1.54) is 4.90 Å². The summed E-state index contributed by atoms with van der Waals surface area (Å²) in [6.45, 7) is 4.12. The van der Waals surface area contributed by atoms with Crippen LogP contribution in [0.1, 0.15) is 22.8 Å². The molecule has 8 heteroatoms. The molecule has 0 saturated carbocycles. The predicted molar refractivity (Wildman–Crippen MR) is 143 cm³/mol. The first kappa shape index (κ1) is 25.5. The lowest BCUT2D eigenvalue weighted by molar-refractivity contribution is -0.116. The van der Waals surface area contributed by atoms with Crippen molar-refractivity contribution in [3.63, 3.8) is 0 Å². The third-order valence-electron chi connectivity index (χ3n) is 6.00. The second kappa shape index (κ2) is 11.4. The highest BCUT2D eigenvalue weighted by molar-refractivity contribution is 5.99. The number of hydrogen-bond acceptors (Lipinski definition) is 5. The number of rotatable bonds is 9. The number of amides is 2. The second-order valence-corrected chi connectivity index (χ2v) is 8.48. The standard InChI is InChI=1S/C29H30N4O4/c1-5-32(28(35)22-10-16-25(37-4)17-11-22)19-27(34)31-29-30-26(21-8-14-24(36-3)15-9-21)18-33(29)23-12-6-20(2)7-13-23/h6-18H,5,19H2,1-4H3,(H,30,31,34). The van der Waals surface area contributed by atoms with Gasteiger partial charge in [0.25, 0.3) is 5.91 Å². The minimum atomic E-state index is -0.344. The van der Waals surface area contributed by atoms with Gasteiger partial charge in [-0.1, -0.05) is 17.7 Å². The van der Waals surface area contributed by atoms with Crippen molar-refractivity contribution in [1.29, 1.82) is 0 Å². The molecule has 37 heavy (non-hydrogen) atoms. The largest absolute Gasteiger partial charge is 0.497 e. The molecular weight excluding hydrogens is 468 g/mol. The van der Waals surface area contributed by atoms with Gasteiger partial charge in [-0.3, -0.25) is 19.5 Å². The fourth-order valence-electron chi connectivity index (χ4n) is 3.85. The third-order valence-corrected chi connectivity index (χ3v) is 6.00. The summed E-state index contributed by atoms with van der Waals surface area (Å²) < 4.78 is 12.3. The van der Waals surface area contributed by atoms with E-state index in [-0.39, 0.29) is 18.4 Å². The molecule has 4 aromatic rings. The Morgan fingerprint density at radius 2 is 1.49 bits per heavy atom. The molecule has 0 saturated heterocycles. The van der Waals surface area contributed by atoms with Gasteiger partial charge in [-0.2, -0.15) is 0 Å². The van der Waals surface area contributed by atoms with Gasteiger partial charge in [0.1, 0.15) is 18.0 Å². The number of aryl methyl sites for hydroxylation is 1. The van der Waals surface area contributed by atoms with Gasteiger partial charge in [0.05, 0.1) is 19.9 Å². The van der Waals surface area contributed by atoms with E-state index in [0.717, 1.165) is 22.6 Å². The van der Waals surface area contributed by atoms with Crippen LogP contribution < -0.4 is 14.8 Å². The quantitative estimate of drug-likeness (QED) is 0.352. The zero-order chi connectivity index (χ0) is 26.4. The molecule has 0 fully saturated rings. The lowest BCUT2D eigenvalue weighted by Crippen LogP contribution is -2.38. The first-order valence-corrected chi connectivity index (χ1v) is 12.0. The number of imidazole rings is 1. The van der Waals surface area contributed by atoms with Crippen LogP contribution in [0.15, 0.2) is 79.0 Å². The number of ether oxygens (including phenoxy) is 2. The summed E-state index contributed by atoms with van der Waals surface area (Å²) in [4.78, 5) is 32.3. The Morgan fingerprint density at radius 3 is 2.05 bits per heavy atom. The molecule has 0 bridgehead atoms. The number of carbonyl (C=O) groups is 2. The summed E-state index contributed by atoms with van der Waals surface area (Å²) in [6, 6.07) is 22.3. The minimum absolute atomic E-state index is 0.111. The van der Waals surface area contributed by atoms with E-state index in [4.69, 9.17) is 14.5 Å². The maximum absolute atomic E-state index is 13.1.